The molecular formula is C39H54O7. The van der Waals surface area contributed by atoms with Gasteiger partial charge in [0.2, 0.25) is 0 Å². The number of hydrogen-bond donors (Lipinski definition) is 4. The fourth-order valence-corrected chi connectivity index (χ4v) is 11.9. The van der Waals surface area contributed by atoms with Gasteiger partial charge in [-0.2, -0.15) is 0 Å². The monoisotopic (exact) mass is 634 g/mol. The first-order chi connectivity index (χ1) is 21.6. The number of ketones is 1. The number of aliphatic hydroxyl groups is 3. The Kier molecular flexibility index (Phi) is 8.42. The molecule has 46 heavy (non-hydrogen) atoms. The van der Waals surface area contributed by atoms with E-state index < -0.39 is 34.9 Å². The standard InChI is InChI=1S/C39H54O7/c1-35-17-14-30-37(3,19-16-31(43)38(30,4)22-40)29(35)12-11-27-25(21-35)20-28(42)34-36(27,2)18-15-32(44)39(34,5)23-46-33(45)13-8-24-6-9-26(41)10-7-24/h6-10,13,21,27,29-32,34,40-41,43-44H,11-12,14-20,22-23H2,1-5H3/b13-8+/t27-,29-,30+,31-,32-,34+,35-,36+,37+,38+,39+/m0/s1. The van der Waals surface area contributed by atoms with E-state index in [1.54, 1.807) is 30.3 Å². The number of aliphatic hydroxyl groups excluding tert-OH is 3. The molecular weight excluding hydrogens is 580 g/mol. The number of fused-ring (bicyclic) bond motifs is 6. The van der Waals surface area contributed by atoms with Crippen molar-refractivity contribution in [3.8, 4) is 5.75 Å². The summed E-state index contributed by atoms with van der Waals surface area (Å²) in [6, 6.07) is 6.51. The van der Waals surface area contributed by atoms with Gasteiger partial charge in [0.25, 0.3) is 0 Å². The number of aromatic hydroxyl groups is 1. The maximum absolute atomic E-state index is 14.3. The number of phenols is 1. The lowest BCUT2D eigenvalue weighted by molar-refractivity contribution is -0.184. The maximum atomic E-state index is 14.3. The van der Waals surface area contributed by atoms with E-state index in [2.05, 4.69) is 33.8 Å². The molecule has 0 heterocycles. The van der Waals surface area contributed by atoms with Crippen molar-refractivity contribution in [2.45, 2.75) is 105 Å². The van der Waals surface area contributed by atoms with Gasteiger partial charge in [-0.15, -0.1) is 0 Å². The van der Waals surface area contributed by atoms with E-state index in [0.29, 0.717) is 25.2 Å². The van der Waals surface area contributed by atoms with Crippen LogP contribution in [-0.2, 0) is 14.3 Å². The molecule has 1 aromatic carbocycles. The minimum atomic E-state index is -0.903. The molecule has 0 aliphatic heterocycles. The van der Waals surface area contributed by atoms with E-state index >= 15 is 0 Å². The molecule has 7 heteroatoms. The number of esters is 1. The predicted molar refractivity (Wildman–Crippen MR) is 176 cm³/mol. The Morgan fingerprint density at radius 2 is 1.52 bits per heavy atom. The van der Waals surface area contributed by atoms with Crippen LogP contribution < -0.4 is 0 Å². The molecule has 6 rings (SSSR count). The third kappa shape index (κ3) is 5.11. The van der Waals surface area contributed by atoms with Crippen LogP contribution in [0.5, 0.6) is 5.75 Å². The van der Waals surface area contributed by atoms with Crippen LogP contribution in [0.15, 0.2) is 42.0 Å². The zero-order chi connectivity index (χ0) is 33.3. The molecule has 0 aromatic heterocycles. The number of carbonyl (C=O) groups excluding carboxylic acids is 2. The summed E-state index contributed by atoms with van der Waals surface area (Å²) in [5, 5.41) is 42.5. The van der Waals surface area contributed by atoms with Crippen molar-refractivity contribution in [1.82, 2.24) is 0 Å². The van der Waals surface area contributed by atoms with Crippen molar-refractivity contribution in [3.05, 3.63) is 47.6 Å². The smallest absolute Gasteiger partial charge is 0.330 e. The Labute approximate surface area is 274 Å². The summed E-state index contributed by atoms with van der Waals surface area (Å²) in [7, 11) is 0. The van der Waals surface area contributed by atoms with E-state index in [1.165, 1.54) is 11.6 Å². The molecule has 4 saturated carbocycles. The highest BCUT2D eigenvalue weighted by molar-refractivity contribution is 5.88. The first-order valence-electron chi connectivity index (χ1n) is 17.5. The summed E-state index contributed by atoms with van der Waals surface area (Å²) in [5.41, 5.74) is 0.151. The Bertz CT molecular complexity index is 1420. The van der Waals surface area contributed by atoms with Crippen LogP contribution in [0.2, 0.25) is 0 Å². The Morgan fingerprint density at radius 3 is 2.20 bits per heavy atom. The zero-order valence-electron chi connectivity index (χ0n) is 28.3. The summed E-state index contributed by atoms with van der Waals surface area (Å²) in [6.45, 7) is 11.0. The number of benzene rings is 1. The summed E-state index contributed by atoms with van der Waals surface area (Å²) in [6.07, 6.45) is 11.4. The van der Waals surface area contributed by atoms with Gasteiger partial charge in [0.1, 0.15) is 18.1 Å². The lowest BCUT2D eigenvalue weighted by Crippen LogP contribution is -2.61. The summed E-state index contributed by atoms with van der Waals surface area (Å²) in [5.74, 6) is 0.150. The number of allylic oxidation sites excluding steroid dienone is 2. The van der Waals surface area contributed by atoms with Crippen molar-refractivity contribution in [2.75, 3.05) is 13.2 Å². The van der Waals surface area contributed by atoms with Crippen molar-refractivity contribution < 1.29 is 34.8 Å². The third-order valence-corrected chi connectivity index (χ3v) is 14.3. The third-order valence-electron chi connectivity index (χ3n) is 14.3. The normalized spacial score (nSPS) is 45.5. The highest BCUT2D eigenvalue weighted by atomic mass is 16.5. The van der Waals surface area contributed by atoms with Crippen molar-refractivity contribution >= 4 is 17.8 Å². The van der Waals surface area contributed by atoms with E-state index in [4.69, 9.17) is 4.74 Å². The van der Waals surface area contributed by atoms with Crippen LogP contribution in [-0.4, -0.2) is 57.6 Å². The molecule has 0 unspecified atom stereocenters. The topological polar surface area (TPSA) is 124 Å². The summed E-state index contributed by atoms with van der Waals surface area (Å²) < 4.78 is 5.77. The first-order valence-corrected chi connectivity index (χ1v) is 17.5. The number of hydrogen-bond acceptors (Lipinski definition) is 7. The van der Waals surface area contributed by atoms with Gasteiger partial charge in [0, 0.05) is 29.2 Å². The first kappa shape index (κ1) is 33.4. The fraction of sp³-hybridized carbons (Fsp3) is 0.692. The number of ether oxygens (including phenoxy) is 1. The minimum absolute atomic E-state index is 0.00604. The molecule has 11 atom stereocenters. The maximum Gasteiger partial charge on any atom is 0.330 e. The number of rotatable bonds is 5. The van der Waals surface area contributed by atoms with Gasteiger partial charge in [-0.25, -0.2) is 4.79 Å². The Hall–Kier alpha value is -2.48. The molecule has 1 aromatic rings. The lowest BCUT2D eigenvalue weighted by Gasteiger charge is -2.63. The molecule has 252 valence electrons. The summed E-state index contributed by atoms with van der Waals surface area (Å²) >= 11 is 0. The molecule has 5 aliphatic carbocycles. The molecule has 7 nitrogen and oxygen atoms in total. The van der Waals surface area contributed by atoms with E-state index in [9.17, 15) is 30.0 Å². The number of phenolic OH excluding ortho intramolecular Hbond substituents is 1. The second kappa shape index (κ2) is 11.6. The summed E-state index contributed by atoms with van der Waals surface area (Å²) in [4.78, 5) is 27.1. The highest BCUT2D eigenvalue weighted by Crippen LogP contribution is 2.69. The predicted octanol–water partition coefficient (Wildman–Crippen LogP) is 6.23. The average molecular weight is 635 g/mol. The van der Waals surface area contributed by atoms with Crippen molar-refractivity contribution in [1.29, 1.82) is 0 Å². The molecule has 0 amide bonds. The Morgan fingerprint density at radius 1 is 0.870 bits per heavy atom. The van der Waals surface area contributed by atoms with Crippen LogP contribution in [0.25, 0.3) is 6.08 Å². The number of carbonyl (C=O) groups is 2. The molecule has 0 radical (unpaired) electrons. The van der Waals surface area contributed by atoms with Crippen LogP contribution in [0.1, 0.15) is 98.0 Å². The highest BCUT2D eigenvalue weighted by Gasteiger charge is 2.65. The SMILES string of the molecule is C[C@]12CC[C@H](O)[C@](C)(CO)[C@@H]1CC[C@@]1(C)C=C3CC(=O)[C@H]4[C@](C)(COC(=O)/C=C/c5ccc(O)cc5)[C@@H](O)CC[C@]4(C)[C@H]3CC[C@H]21. The average Bonchev–Trinajstić information content (AvgIpc) is 3.17. The molecule has 4 N–H and O–H groups in total. The van der Waals surface area contributed by atoms with Gasteiger partial charge in [-0.3, -0.25) is 4.79 Å². The largest absolute Gasteiger partial charge is 0.508 e. The fourth-order valence-electron chi connectivity index (χ4n) is 11.9. The minimum Gasteiger partial charge on any atom is -0.508 e. The van der Waals surface area contributed by atoms with Crippen LogP contribution >= 0.6 is 0 Å². The molecule has 0 saturated heterocycles. The van der Waals surface area contributed by atoms with Gasteiger partial charge < -0.3 is 25.2 Å². The van der Waals surface area contributed by atoms with Gasteiger partial charge in [0.15, 0.2) is 0 Å². The second-order valence-corrected chi connectivity index (χ2v) is 16.9. The zero-order valence-corrected chi connectivity index (χ0v) is 28.3. The van der Waals surface area contributed by atoms with Gasteiger partial charge in [-0.05, 0) is 109 Å². The van der Waals surface area contributed by atoms with Crippen LogP contribution in [0, 0.1) is 50.7 Å². The van der Waals surface area contributed by atoms with Gasteiger partial charge in [-0.1, -0.05) is 58.4 Å². The van der Waals surface area contributed by atoms with E-state index in [0.717, 1.165) is 44.1 Å². The van der Waals surface area contributed by atoms with Crippen LogP contribution in [0.4, 0.5) is 0 Å². The molecule has 0 spiro atoms. The van der Waals surface area contributed by atoms with Crippen LogP contribution in [0.3, 0.4) is 0 Å². The van der Waals surface area contributed by atoms with E-state index in [1.807, 2.05) is 6.92 Å². The van der Waals surface area contributed by atoms with Crippen molar-refractivity contribution in [2.24, 2.45) is 50.7 Å². The van der Waals surface area contributed by atoms with Crippen molar-refractivity contribution in [3.63, 3.8) is 0 Å². The molecule has 0 bridgehead atoms. The number of Topliss-reactive ketones (excluding diaryl/α,β-unsaturated/α-hetero) is 1. The quantitative estimate of drug-likeness (QED) is 0.172. The Balaban J connectivity index is 1.26. The molecule has 4 fully saturated rings. The molecule has 5 aliphatic rings. The second-order valence-electron chi connectivity index (χ2n) is 16.9. The van der Waals surface area contributed by atoms with E-state index in [-0.39, 0.29) is 52.8 Å². The van der Waals surface area contributed by atoms with Gasteiger partial charge >= 0.3 is 5.97 Å². The lowest BCUT2D eigenvalue weighted by atomic mass is 9.42. The van der Waals surface area contributed by atoms with Gasteiger partial charge in [0.05, 0.1) is 18.8 Å².